The van der Waals surface area contributed by atoms with Gasteiger partial charge < -0.3 is 19.7 Å². The smallest absolute Gasteiger partial charge is 0.387 e. The first-order valence-corrected chi connectivity index (χ1v) is 9.18. The molecule has 0 unspecified atom stereocenters. The predicted octanol–water partition coefficient (Wildman–Crippen LogP) is 1.17. The van der Waals surface area contributed by atoms with Gasteiger partial charge in [-0.25, -0.2) is 0 Å². The summed E-state index contributed by atoms with van der Waals surface area (Å²) in [6.07, 6.45) is -7.95. The highest BCUT2D eigenvalue weighted by Gasteiger charge is 2.81. The van der Waals surface area contributed by atoms with Gasteiger partial charge in [0.1, 0.15) is 29.6 Å². The summed E-state index contributed by atoms with van der Waals surface area (Å²) in [5, 5.41) is 30.1. The van der Waals surface area contributed by atoms with E-state index in [1.807, 2.05) is 0 Å². The number of aliphatic hydroxyl groups is 2. The molecule has 7 nitrogen and oxygen atoms in total. The Morgan fingerprint density at radius 2 is 2.03 bits per heavy atom. The Hall–Kier alpha value is -2.19. The summed E-state index contributed by atoms with van der Waals surface area (Å²) in [7, 11) is 0. The molecule has 0 aromatic heterocycles. The van der Waals surface area contributed by atoms with E-state index in [9.17, 15) is 28.2 Å². The van der Waals surface area contributed by atoms with E-state index in [0.29, 0.717) is 0 Å². The first-order chi connectivity index (χ1) is 13.6. The Morgan fingerprint density at radius 3 is 2.69 bits per heavy atom. The van der Waals surface area contributed by atoms with Crippen molar-refractivity contribution < 1.29 is 37.7 Å². The molecule has 5 rings (SSSR count). The van der Waals surface area contributed by atoms with E-state index in [-0.39, 0.29) is 18.7 Å². The summed E-state index contributed by atoms with van der Waals surface area (Å²) in [5.41, 5.74) is -4.29. The Labute approximate surface area is 163 Å². The minimum absolute atomic E-state index is 0.0512. The summed E-state index contributed by atoms with van der Waals surface area (Å²) >= 11 is 0. The van der Waals surface area contributed by atoms with Crippen LogP contribution >= 0.6 is 0 Å². The molecule has 0 saturated carbocycles. The molecule has 2 bridgehead atoms. The molecule has 7 atom stereocenters. The molecule has 1 spiro atoms. The fraction of sp³-hybridized carbons (Fsp3) is 0.579. The van der Waals surface area contributed by atoms with Crippen molar-refractivity contribution in [1.29, 1.82) is 5.26 Å². The van der Waals surface area contributed by atoms with Crippen LogP contribution in [0.2, 0.25) is 0 Å². The Bertz CT molecular complexity index is 962. The summed E-state index contributed by atoms with van der Waals surface area (Å²) in [6, 6.07) is 4.57. The maximum absolute atomic E-state index is 13.4. The Kier molecular flexibility index (Phi) is 3.56. The molecule has 1 aromatic carbocycles. The van der Waals surface area contributed by atoms with E-state index in [2.05, 4.69) is 0 Å². The molecular weight excluding hydrogens is 393 g/mol. The number of fused-ring (bicyclic) bond motifs is 2. The number of amides is 1. The van der Waals surface area contributed by atoms with Crippen LogP contribution in [0.3, 0.4) is 0 Å². The molecule has 4 aliphatic rings. The maximum Gasteiger partial charge on any atom is 0.417 e. The van der Waals surface area contributed by atoms with Crippen LogP contribution in [0.5, 0.6) is 0 Å². The van der Waals surface area contributed by atoms with Gasteiger partial charge in [-0.3, -0.25) is 9.69 Å². The average Bonchev–Trinajstić information content (AvgIpc) is 3.20. The number of hydrogen-bond donors (Lipinski definition) is 2. The second-order valence-electron chi connectivity index (χ2n) is 8.19. The minimum atomic E-state index is -4.77. The third kappa shape index (κ3) is 2.08. The first-order valence-electron chi connectivity index (χ1n) is 9.18. The molecule has 29 heavy (non-hydrogen) atoms. The maximum atomic E-state index is 13.4. The number of nitrogens with zero attached hydrogens (tertiary/aromatic N) is 2. The van der Waals surface area contributed by atoms with Crippen LogP contribution in [0.1, 0.15) is 24.5 Å². The van der Waals surface area contributed by atoms with Crippen molar-refractivity contribution in [2.45, 2.75) is 49.2 Å². The summed E-state index contributed by atoms with van der Waals surface area (Å²) < 4.78 is 52.0. The van der Waals surface area contributed by atoms with Crippen molar-refractivity contribution in [3.05, 3.63) is 29.3 Å². The van der Waals surface area contributed by atoms with E-state index in [0.717, 1.165) is 17.0 Å². The van der Waals surface area contributed by atoms with Crippen LogP contribution in [-0.2, 0) is 20.4 Å². The SMILES string of the molecule is C[C@]12O[C@@]3(CCO[C@H]4[C@@H]3[C@@H]1C(=O)N4c1ccc(C#N)c(C(F)(F)F)c1)[C@@H](O)[C@H]2O. The average molecular weight is 410 g/mol. The van der Waals surface area contributed by atoms with Gasteiger partial charge in [-0.1, -0.05) is 0 Å². The van der Waals surface area contributed by atoms with Gasteiger partial charge in [-0.2, -0.15) is 18.4 Å². The summed E-state index contributed by atoms with van der Waals surface area (Å²) in [6.45, 7) is 1.65. The van der Waals surface area contributed by atoms with Crippen LogP contribution in [-0.4, -0.2) is 52.4 Å². The number of halogens is 3. The molecule has 10 heteroatoms. The zero-order chi connectivity index (χ0) is 20.9. The fourth-order valence-corrected chi connectivity index (χ4v) is 5.67. The minimum Gasteiger partial charge on any atom is -0.387 e. The summed E-state index contributed by atoms with van der Waals surface area (Å²) in [5.74, 6) is -2.02. The molecule has 1 aromatic rings. The normalized spacial score (nSPS) is 42.9. The fourth-order valence-electron chi connectivity index (χ4n) is 5.67. The van der Waals surface area contributed by atoms with Gasteiger partial charge in [0.25, 0.3) is 0 Å². The van der Waals surface area contributed by atoms with Gasteiger partial charge >= 0.3 is 6.18 Å². The lowest BCUT2D eigenvalue weighted by Crippen LogP contribution is -2.61. The number of nitriles is 1. The molecule has 154 valence electrons. The molecule has 2 N–H and O–H groups in total. The van der Waals surface area contributed by atoms with Gasteiger partial charge in [0.05, 0.1) is 35.6 Å². The highest BCUT2D eigenvalue weighted by molar-refractivity contribution is 6.00. The molecule has 1 amide bonds. The number of carbonyl (C=O) groups excluding carboxylic acids is 1. The lowest BCUT2D eigenvalue weighted by molar-refractivity contribution is -0.165. The van der Waals surface area contributed by atoms with Crippen LogP contribution in [0.15, 0.2) is 18.2 Å². The second-order valence-corrected chi connectivity index (χ2v) is 8.19. The van der Waals surface area contributed by atoms with Crippen molar-refractivity contribution in [2.75, 3.05) is 11.5 Å². The molecule has 4 saturated heterocycles. The standard InChI is InChI=1S/C19H17F3N2O5/c1-17-11-12-16(28-5-4-18(12,29-17)14(26)13(17)25)24(15(11)27)9-3-2-8(7-23)10(6-9)19(20,21)22/h2-3,6,11-14,16,25-26H,4-5H2,1H3/t11-,12+,13-,14+,16+,17+,18-/m1/s1. The van der Waals surface area contributed by atoms with Gasteiger partial charge in [0.15, 0.2) is 0 Å². The van der Waals surface area contributed by atoms with Crippen LogP contribution in [0.25, 0.3) is 0 Å². The molecule has 4 heterocycles. The number of rotatable bonds is 1. The highest BCUT2D eigenvalue weighted by atomic mass is 19.4. The molecule has 4 aliphatic heterocycles. The van der Waals surface area contributed by atoms with Gasteiger partial charge in [0, 0.05) is 12.1 Å². The monoisotopic (exact) mass is 410 g/mol. The number of carbonyl (C=O) groups is 1. The first kappa shape index (κ1) is 18.8. The van der Waals surface area contributed by atoms with E-state index in [4.69, 9.17) is 14.7 Å². The molecular formula is C19H17F3N2O5. The van der Waals surface area contributed by atoms with Gasteiger partial charge in [0.2, 0.25) is 5.91 Å². The lowest BCUT2D eigenvalue weighted by atomic mass is 9.63. The van der Waals surface area contributed by atoms with Crippen molar-refractivity contribution in [2.24, 2.45) is 11.8 Å². The van der Waals surface area contributed by atoms with Crippen molar-refractivity contribution >= 4 is 11.6 Å². The van der Waals surface area contributed by atoms with Crippen molar-refractivity contribution in [3.8, 4) is 6.07 Å². The van der Waals surface area contributed by atoms with Crippen molar-refractivity contribution in [3.63, 3.8) is 0 Å². The van der Waals surface area contributed by atoms with E-state index < -0.39 is 64.7 Å². The van der Waals surface area contributed by atoms with Crippen LogP contribution < -0.4 is 4.90 Å². The van der Waals surface area contributed by atoms with Crippen LogP contribution in [0.4, 0.5) is 18.9 Å². The topological polar surface area (TPSA) is 103 Å². The third-order valence-electron chi connectivity index (χ3n) is 6.89. The Balaban J connectivity index is 1.64. The Morgan fingerprint density at radius 1 is 1.31 bits per heavy atom. The molecule has 4 fully saturated rings. The van der Waals surface area contributed by atoms with Crippen LogP contribution in [0, 0.1) is 23.2 Å². The lowest BCUT2D eigenvalue weighted by Gasteiger charge is -2.44. The number of ether oxygens (including phenoxy) is 2. The number of alkyl halides is 3. The van der Waals surface area contributed by atoms with Crippen molar-refractivity contribution in [1.82, 2.24) is 0 Å². The van der Waals surface area contributed by atoms with E-state index in [1.54, 1.807) is 0 Å². The molecule has 0 radical (unpaired) electrons. The van der Waals surface area contributed by atoms with E-state index >= 15 is 0 Å². The van der Waals surface area contributed by atoms with E-state index in [1.165, 1.54) is 19.1 Å². The zero-order valence-electron chi connectivity index (χ0n) is 15.2. The third-order valence-corrected chi connectivity index (χ3v) is 6.89. The predicted molar refractivity (Wildman–Crippen MR) is 89.2 cm³/mol. The largest absolute Gasteiger partial charge is 0.417 e. The quantitative estimate of drug-likeness (QED) is 0.721. The molecule has 0 aliphatic carbocycles. The highest BCUT2D eigenvalue weighted by Crippen LogP contribution is 2.65. The second kappa shape index (κ2) is 5.49. The number of anilines is 1. The van der Waals surface area contributed by atoms with Gasteiger partial charge in [-0.05, 0) is 25.1 Å². The number of aliphatic hydroxyl groups excluding tert-OH is 2. The number of hydrogen-bond acceptors (Lipinski definition) is 6. The van der Waals surface area contributed by atoms with Gasteiger partial charge in [-0.15, -0.1) is 0 Å². The summed E-state index contributed by atoms with van der Waals surface area (Å²) in [4.78, 5) is 14.5. The number of benzene rings is 1. The zero-order valence-corrected chi connectivity index (χ0v) is 15.2.